The molecule has 0 fully saturated rings. The Labute approximate surface area is 104 Å². The van der Waals surface area contributed by atoms with Gasteiger partial charge in [-0.05, 0) is 52.3 Å². The molecule has 3 heteroatoms. The van der Waals surface area contributed by atoms with E-state index in [2.05, 4.69) is 16.4 Å². The van der Waals surface area contributed by atoms with Crippen LogP contribution in [0.1, 0.15) is 38.1 Å². The molecule has 1 heterocycles. The lowest BCUT2D eigenvalue weighted by Gasteiger charge is -2.14. The molecule has 0 aliphatic rings. The van der Waals surface area contributed by atoms with Gasteiger partial charge in [-0.2, -0.15) is 5.26 Å². The Bertz CT molecular complexity index is 391. The van der Waals surface area contributed by atoms with Crippen LogP contribution in [-0.4, -0.2) is 11.5 Å². The average Bonchev–Trinajstić information content (AvgIpc) is 2.29. The highest BCUT2D eigenvalue weighted by atomic mass is 14.9. The minimum Gasteiger partial charge on any atom is -0.311 e. The second-order valence-electron chi connectivity index (χ2n) is 5.05. The molecule has 17 heavy (non-hydrogen) atoms. The lowest BCUT2D eigenvalue weighted by atomic mass is 9.90. The highest BCUT2D eigenvalue weighted by Crippen LogP contribution is 2.19. The third-order valence-corrected chi connectivity index (χ3v) is 2.71. The second-order valence-corrected chi connectivity index (χ2v) is 5.05. The number of hydrogen-bond donors (Lipinski definition) is 1. The van der Waals surface area contributed by atoms with Crippen LogP contribution in [0.5, 0.6) is 0 Å². The standard InChI is InChI=1S/C14H21N3/c1-12-6-4-7-13(17-12)10-16-9-5-8-14(2,3)11-15/h4,6-7,16H,5,8-10H2,1-3H3. The molecular formula is C14H21N3. The predicted molar refractivity (Wildman–Crippen MR) is 69.3 cm³/mol. The summed E-state index contributed by atoms with van der Waals surface area (Å²) in [6, 6.07) is 8.37. The normalized spacial score (nSPS) is 11.2. The van der Waals surface area contributed by atoms with Crippen molar-refractivity contribution in [3.05, 3.63) is 29.6 Å². The van der Waals surface area contributed by atoms with Gasteiger partial charge in [-0.1, -0.05) is 6.07 Å². The summed E-state index contributed by atoms with van der Waals surface area (Å²) in [5.74, 6) is 0. The van der Waals surface area contributed by atoms with Crippen molar-refractivity contribution in [2.45, 2.75) is 40.2 Å². The van der Waals surface area contributed by atoms with Crippen LogP contribution in [0.15, 0.2) is 18.2 Å². The maximum Gasteiger partial charge on any atom is 0.0683 e. The zero-order chi connectivity index (χ0) is 12.7. The molecule has 0 bridgehead atoms. The summed E-state index contributed by atoms with van der Waals surface area (Å²) in [4.78, 5) is 4.42. The van der Waals surface area contributed by atoms with Gasteiger partial charge in [0, 0.05) is 12.2 Å². The molecule has 3 nitrogen and oxygen atoms in total. The number of aryl methyl sites for hydroxylation is 1. The first-order valence-electron chi connectivity index (χ1n) is 6.08. The van der Waals surface area contributed by atoms with Gasteiger partial charge in [0.15, 0.2) is 0 Å². The molecule has 1 rings (SSSR count). The van der Waals surface area contributed by atoms with Gasteiger partial charge in [0.1, 0.15) is 0 Å². The van der Waals surface area contributed by atoms with Crippen molar-refractivity contribution in [2.24, 2.45) is 5.41 Å². The molecule has 1 aromatic rings. The van der Waals surface area contributed by atoms with Crippen molar-refractivity contribution >= 4 is 0 Å². The quantitative estimate of drug-likeness (QED) is 0.766. The molecule has 1 N–H and O–H groups in total. The van der Waals surface area contributed by atoms with Gasteiger partial charge in [-0.25, -0.2) is 0 Å². The van der Waals surface area contributed by atoms with Gasteiger partial charge in [-0.15, -0.1) is 0 Å². The summed E-state index contributed by atoms with van der Waals surface area (Å²) in [5, 5.41) is 12.2. The van der Waals surface area contributed by atoms with Crippen molar-refractivity contribution in [1.29, 1.82) is 5.26 Å². The monoisotopic (exact) mass is 231 g/mol. The van der Waals surface area contributed by atoms with Crippen LogP contribution in [-0.2, 0) is 6.54 Å². The van der Waals surface area contributed by atoms with Gasteiger partial charge in [0.25, 0.3) is 0 Å². The van der Waals surface area contributed by atoms with Gasteiger partial charge >= 0.3 is 0 Å². The molecule has 0 aliphatic carbocycles. The number of nitriles is 1. The summed E-state index contributed by atoms with van der Waals surface area (Å²) in [5.41, 5.74) is 1.92. The first-order chi connectivity index (χ1) is 8.03. The van der Waals surface area contributed by atoms with E-state index in [9.17, 15) is 0 Å². The molecule has 0 amide bonds. The molecule has 0 aromatic carbocycles. The van der Waals surface area contributed by atoms with Crippen LogP contribution in [0.2, 0.25) is 0 Å². The fourth-order valence-electron chi connectivity index (χ4n) is 1.63. The maximum atomic E-state index is 8.88. The van der Waals surface area contributed by atoms with Crippen molar-refractivity contribution in [1.82, 2.24) is 10.3 Å². The van der Waals surface area contributed by atoms with E-state index < -0.39 is 0 Å². The molecule has 0 aliphatic heterocycles. The first-order valence-corrected chi connectivity index (χ1v) is 6.08. The number of nitrogens with zero attached hydrogens (tertiary/aromatic N) is 2. The molecule has 0 atom stereocenters. The van der Waals surface area contributed by atoms with E-state index in [1.165, 1.54) is 0 Å². The minimum absolute atomic E-state index is 0.205. The SMILES string of the molecule is Cc1cccc(CNCCCC(C)(C)C#N)n1. The summed E-state index contributed by atoms with van der Waals surface area (Å²) >= 11 is 0. The Morgan fingerprint density at radius 2 is 2.18 bits per heavy atom. The van der Waals surface area contributed by atoms with Crippen LogP contribution < -0.4 is 5.32 Å². The van der Waals surface area contributed by atoms with Crippen molar-refractivity contribution in [3.8, 4) is 6.07 Å². The van der Waals surface area contributed by atoms with Gasteiger partial charge in [0.05, 0.1) is 17.2 Å². The molecule has 0 unspecified atom stereocenters. The highest BCUT2D eigenvalue weighted by Gasteiger charge is 2.15. The minimum atomic E-state index is -0.205. The van der Waals surface area contributed by atoms with Crippen molar-refractivity contribution in [2.75, 3.05) is 6.54 Å². The van der Waals surface area contributed by atoms with Gasteiger partial charge in [0.2, 0.25) is 0 Å². The molecule has 0 radical (unpaired) electrons. The lowest BCUT2D eigenvalue weighted by molar-refractivity contribution is 0.425. The molecule has 0 saturated heterocycles. The van der Waals surface area contributed by atoms with E-state index in [0.29, 0.717) is 0 Å². The fraction of sp³-hybridized carbons (Fsp3) is 0.571. The lowest BCUT2D eigenvalue weighted by Crippen LogP contribution is -2.18. The van der Waals surface area contributed by atoms with E-state index >= 15 is 0 Å². The van der Waals surface area contributed by atoms with E-state index in [1.54, 1.807) is 0 Å². The Morgan fingerprint density at radius 3 is 2.82 bits per heavy atom. The molecule has 1 aromatic heterocycles. The molecule has 0 saturated carbocycles. The van der Waals surface area contributed by atoms with Crippen LogP contribution in [0.4, 0.5) is 0 Å². The van der Waals surface area contributed by atoms with Crippen LogP contribution in [0.25, 0.3) is 0 Å². The first kappa shape index (κ1) is 13.7. The predicted octanol–water partition coefficient (Wildman–Crippen LogP) is 2.81. The smallest absolute Gasteiger partial charge is 0.0683 e. The van der Waals surface area contributed by atoms with Crippen molar-refractivity contribution in [3.63, 3.8) is 0 Å². The van der Waals surface area contributed by atoms with E-state index in [-0.39, 0.29) is 5.41 Å². The Balaban J connectivity index is 2.19. The topological polar surface area (TPSA) is 48.7 Å². The van der Waals surface area contributed by atoms with E-state index in [1.807, 2.05) is 39.0 Å². The maximum absolute atomic E-state index is 8.88. The number of nitrogens with one attached hydrogen (secondary N) is 1. The second kappa shape index (κ2) is 6.36. The summed E-state index contributed by atoms with van der Waals surface area (Å²) in [7, 11) is 0. The van der Waals surface area contributed by atoms with Gasteiger partial charge in [-0.3, -0.25) is 4.98 Å². The zero-order valence-corrected chi connectivity index (χ0v) is 11.0. The summed E-state index contributed by atoms with van der Waals surface area (Å²) < 4.78 is 0. The largest absolute Gasteiger partial charge is 0.311 e. The summed E-state index contributed by atoms with van der Waals surface area (Å²) in [6.07, 6.45) is 1.95. The van der Waals surface area contributed by atoms with Crippen LogP contribution >= 0.6 is 0 Å². The summed E-state index contributed by atoms with van der Waals surface area (Å²) in [6.45, 7) is 7.69. The Morgan fingerprint density at radius 1 is 1.41 bits per heavy atom. The van der Waals surface area contributed by atoms with Gasteiger partial charge < -0.3 is 5.32 Å². The molecule has 92 valence electrons. The van der Waals surface area contributed by atoms with Crippen LogP contribution in [0.3, 0.4) is 0 Å². The third-order valence-electron chi connectivity index (χ3n) is 2.71. The highest BCUT2D eigenvalue weighted by molar-refractivity contribution is 5.09. The van der Waals surface area contributed by atoms with E-state index in [4.69, 9.17) is 5.26 Å². The number of rotatable bonds is 6. The number of hydrogen-bond acceptors (Lipinski definition) is 3. The molecule has 0 spiro atoms. The van der Waals surface area contributed by atoms with E-state index in [0.717, 1.165) is 37.3 Å². The Kier molecular flexibility index (Phi) is 5.11. The zero-order valence-electron chi connectivity index (χ0n) is 11.0. The van der Waals surface area contributed by atoms with Crippen molar-refractivity contribution < 1.29 is 0 Å². The Hall–Kier alpha value is -1.40. The third kappa shape index (κ3) is 5.46. The fourth-order valence-corrected chi connectivity index (χ4v) is 1.63. The molecular weight excluding hydrogens is 210 g/mol. The number of aromatic nitrogens is 1. The number of pyridine rings is 1. The van der Waals surface area contributed by atoms with Crippen LogP contribution in [0, 0.1) is 23.7 Å². The average molecular weight is 231 g/mol.